The predicted molar refractivity (Wildman–Crippen MR) is 373 cm³/mol. The summed E-state index contributed by atoms with van der Waals surface area (Å²) in [6.07, 6.45) is 15.0. The standard InChI is InChI=1S/C27H28N4O2.C26H27N5O.C21H22N6O/c1-18-16-21(4-6-23(18)20(3)32)26-9-7-24(27-28-10-11-31(26)27)29-22-5-8-25(19(2)17-22)30-12-14-33-15-13-30;1-19(32)20-3-5-21(6-4-20)25-12-11-24(26-27-13-14-31(25)26)28-22-7-9-23(10-8-22)30-17-15-29(2)16-18-30;1-15-12-17(2-4-19(15)26-8-10-28-11-9-26)25-18-3-5-20(16-13-23-24-14-16)27-7-6-22-21(18)27/h4-11,16-17,29H,12-15H2,1-3H3;3-14,28H,15-18H2,1-2H3;2-7,12-14,25H,8-11H2,1H3,(H,23,24). The zero-order valence-electron chi connectivity index (χ0n) is 53.4. The first kappa shape index (κ1) is 61.3. The van der Waals surface area contributed by atoms with Crippen molar-refractivity contribution in [1.82, 2.24) is 43.3 Å². The maximum atomic E-state index is 11.8. The summed E-state index contributed by atoms with van der Waals surface area (Å²) in [5.41, 5.74) is 23.6. The maximum Gasteiger partial charge on any atom is 0.161 e. The van der Waals surface area contributed by atoms with Gasteiger partial charge in [0.05, 0.1) is 66.8 Å². The van der Waals surface area contributed by atoms with E-state index in [0.29, 0.717) is 5.56 Å². The first-order valence-electron chi connectivity index (χ1n) is 31.7. The number of rotatable bonds is 14. The lowest BCUT2D eigenvalue weighted by Crippen LogP contribution is -2.44. The Bertz CT molecular complexity index is 4590. The maximum absolute atomic E-state index is 11.8. The molecule has 0 aliphatic carbocycles. The number of aryl methyl sites for hydroxylation is 3. The van der Waals surface area contributed by atoms with E-state index in [1.54, 1.807) is 13.8 Å². The van der Waals surface area contributed by atoms with Gasteiger partial charge in [-0.25, -0.2) is 15.0 Å². The molecule has 0 saturated carbocycles. The van der Waals surface area contributed by atoms with Crippen molar-refractivity contribution < 1.29 is 19.1 Å². The lowest BCUT2D eigenvalue weighted by atomic mass is 10.0. The van der Waals surface area contributed by atoms with Crippen LogP contribution in [0.5, 0.6) is 0 Å². The monoisotopic (exact) mass is 1240 g/mol. The van der Waals surface area contributed by atoms with E-state index in [2.05, 4.69) is 198 Å². The Balaban J connectivity index is 0.000000127. The van der Waals surface area contributed by atoms with Crippen LogP contribution in [0.4, 0.5) is 51.2 Å². The molecule has 5 aromatic carbocycles. The molecule has 7 aromatic heterocycles. The molecule has 0 amide bonds. The zero-order chi connectivity index (χ0) is 64.0. The smallest absolute Gasteiger partial charge is 0.161 e. The van der Waals surface area contributed by atoms with E-state index in [4.69, 9.17) is 9.47 Å². The Hall–Kier alpha value is -10.6. The number of piperazine rings is 1. The Morgan fingerprint density at radius 2 is 0.914 bits per heavy atom. The first-order valence-corrected chi connectivity index (χ1v) is 31.7. The van der Waals surface area contributed by atoms with E-state index in [9.17, 15) is 9.59 Å². The van der Waals surface area contributed by atoms with Gasteiger partial charge < -0.3 is 45.0 Å². The second kappa shape index (κ2) is 27.5. The molecule has 3 fully saturated rings. The van der Waals surface area contributed by atoms with Crippen molar-refractivity contribution in [1.29, 1.82) is 0 Å². The van der Waals surface area contributed by atoms with Gasteiger partial charge in [-0.2, -0.15) is 5.10 Å². The number of nitrogens with zero attached hydrogens (tertiary/aromatic N) is 11. The zero-order valence-corrected chi connectivity index (χ0v) is 53.4. The van der Waals surface area contributed by atoms with Crippen LogP contribution in [0.1, 0.15) is 51.3 Å². The van der Waals surface area contributed by atoms with Gasteiger partial charge in [0.1, 0.15) is 0 Å². The quantitative estimate of drug-likeness (QED) is 0.0754. The van der Waals surface area contributed by atoms with Crippen LogP contribution in [-0.2, 0) is 9.47 Å². The van der Waals surface area contributed by atoms with Gasteiger partial charge in [-0.15, -0.1) is 0 Å². The summed E-state index contributed by atoms with van der Waals surface area (Å²) in [7, 11) is 2.17. The predicted octanol–water partition coefficient (Wildman–Crippen LogP) is 13.7. The molecule has 0 bridgehead atoms. The molecule has 4 N–H and O–H groups in total. The second-order valence-corrected chi connectivity index (χ2v) is 23.9. The summed E-state index contributed by atoms with van der Waals surface area (Å²) in [4.78, 5) is 46.7. The molecule has 0 radical (unpaired) electrons. The minimum Gasteiger partial charge on any atom is -0.378 e. The van der Waals surface area contributed by atoms with Crippen LogP contribution in [0.2, 0.25) is 0 Å². The van der Waals surface area contributed by atoms with Gasteiger partial charge in [-0.3, -0.25) is 27.9 Å². The van der Waals surface area contributed by atoms with Crippen LogP contribution in [0.15, 0.2) is 189 Å². The Morgan fingerprint density at radius 3 is 1.37 bits per heavy atom. The van der Waals surface area contributed by atoms with Crippen molar-refractivity contribution in [2.75, 3.05) is 116 Å². The SMILES string of the molecule is CC(=O)c1ccc(-c2ccc(Nc3ccc(N4CCN(C)CC4)cc3)c3nccn23)cc1.CC(=O)c1ccc(-c2ccc(Nc3ccc(N4CCOCC4)c(C)c3)c3nccn23)cc1C.Cc1cc(Nc2ccc(-c3cn[nH]c3)n3ccnc23)ccc1N1CCOCC1. The van der Waals surface area contributed by atoms with Crippen LogP contribution >= 0.6 is 0 Å². The number of carbonyl (C=O) groups is 2. The highest BCUT2D eigenvalue weighted by atomic mass is 16.5. The minimum absolute atomic E-state index is 0.0718. The number of benzene rings is 5. The Labute approximate surface area is 541 Å². The van der Waals surface area contributed by atoms with Gasteiger partial charge >= 0.3 is 0 Å². The van der Waals surface area contributed by atoms with E-state index >= 15 is 0 Å². The number of imidazole rings is 3. The van der Waals surface area contributed by atoms with Crippen molar-refractivity contribution in [3.8, 4) is 33.8 Å². The number of ether oxygens (including phenoxy) is 2. The molecule has 3 aliphatic rings. The average molecular weight is 1240 g/mol. The molecule has 19 nitrogen and oxygen atoms in total. The van der Waals surface area contributed by atoms with Gasteiger partial charge in [0.15, 0.2) is 28.5 Å². The number of aromatic amines is 1. The number of pyridine rings is 3. The summed E-state index contributed by atoms with van der Waals surface area (Å²) >= 11 is 0. The molecule has 0 atom stereocenters. The summed E-state index contributed by atoms with van der Waals surface area (Å²) in [6, 6.07) is 47.7. The highest BCUT2D eigenvalue weighted by Crippen LogP contribution is 2.34. The highest BCUT2D eigenvalue weighted by molar-refractivity contribution is 5.96. The normalized spacial score (nSPS) is 14.4. The largest absolute Gasteiger partial charge is 0.378 e. The number of aromatic nitrogens is 8. The topological polar surface area (TPSA) is 182 Å². The molecular weight excluding hydrogens is 1160 g/mol. The number of Topliss-reactive ketones (excluding diaryl/α,β-unsaturated/α-hetero) is 2. The molecule has 0 spiro atoms. The van der Waals surface area contributed by atoms with Crippen LogP contribution in [0.3, 0.4) is 0 Å². The average Bonchev–Trinajstić information content (AvgIpc) is 1.84. The third-order valence-electron chi connectivity index (χ3n) is 17.6. The minimum atomic E-state index is 0.0718. The van der Waals surface area contributed by atoms with Gasteiger partial charge in [0.25, 0.3) is 0 Å². The molecule has 93 heavy (non-hydrogen) atoms. The molecule has 3 aliphatic heterocycles. The molecule has 12 aromatic rings. The fourth-order valence-corrected chi connectivity index (χ4v) is 12.6. The van der Waals surface area contributed by atoms with E-state index in [1.807, 2.05) is 92.9 Å². The number of likely N-dealkylation sites (N-methyl/N-ethyl adjacent to an activating group) is 1. The molecule has 0 unspecified atom stereocenters. The van der Waals surface area contributed by atoms with E-state index in [0.717, 1.165) is 175 Å². The summed E-state index contributed by atoms with van der Waals surface area (Å²) < 4.78 is 17.2. The molecular formula is C74H77N15O4. The molecule has 15 rings (SSSR count). The Morgan fingerprint density at radius 1 is 0.452 bits per heavy atom. The van der Waals surface area contributed by atoms with Crippen molar-refractivity contribution in [3.05, 3.63) is 217 Å². The lowest BCUT2D eigenvalue weighted by molar-refractivity contribution is 0.100. The number of nitrogens with one attached hydrogen (secondary N) is 4. The van der Waals surface area contributed by atoms with Gasteiger partial charge in [0.2, 0.25) is 0 Å². The van der Waals surface area contributed by atoms with Crippen molar-refractivity contribution in [2.45, 2.75) is 34.6 Å². The van der Waals surface area contributed by atoms with Crippen LogP contribution < -0.4 is 30.7 Å². The van der Waals surface area contributed by atoms with E-state index < -0.39 is 0 Å². The molecule has 19 heteroatoms. The fourth-order valence-electron chi connectivity index (χ4n) is 12.6. The number of carbonyl (C=O) groups excluding carboxylic acids is 2. The van der Waals surface area contributed by atoms with Gasteiger partial charge in [-0.1, -0.05) is 36.4 Å². The van der Waals surface area contributed by atoms with E-state index in [1.165, 1.54) is 28.2 Å². The number of morpholine rings is 2. The van der Waals surface area contributed by atoms with Crippen LogP contribution in [0, 0.1) is 20.8 Å². The number of ketones is 2. The third-order valence-corrected chi connectivity index (χ3v) is 17.6. The number of hydrogen-bond donors (Lipinski definition) is 4. The molecule has 3 saturated heterocycles. The Kier molecular flexibility index (Phi) is 18.1. The summed E-state index contributed by atoms with van der Waals surface area (Å²) in [6.45, 7) is 20.7. The first-order chi connectivity index (χ1) is 45.4. The van der Waals surface area contributed by atoms with Crippen molar-refractivity contribution in [3.63, 3.8) is 0 Å². The fraction of sp³-hybridized carbons (Fsp3) is 0.243. The lowest BCUT2D eigenvalue weighted by Gasteiger charge is -2.34. The molecule has 10 heterocycles. The second-order valence-electron chi connectivity index (χ2n) is 23.9. The van der Waals surface area contributed by atoms with Crippen LogP contribution in [-0.4, -0.2) is 141 Å². The van der Waals surface area contributed by atoms with Crippen molar-refractivity contribution in [2.24, 2.45) is 0 Å². The number of hydrogen-bond acceptors (Lipinski definition) is 15. The highest BCUT2D eigenvalue weighted by Gasteiger charge is 2.20. The number of H-pyrrole nitrogens is 1. The van der Waals surface area contributed by atoms with Crippen LogP contribution in [0.25, 0.3) is 50.7 Å². The van der Waals surface area contributed by atoms with Crippen molar-refractivity contribution >= 4 is 79.7 Å². The van der Waals surface area contributed by atoms with Gasteiger partial charge in [-0.05, 0) is 173 Å². The number of anilines is 9. The van der Waals surface area contributed by atoms with Gasteiger partial charge in [0, 0.05) is 147 Å². The number of fused-ring (bicyclic) bond motifs is 3. The third kappa shape index (κ3) is 13.6. The summed E-state index contributed by atoms with van der Waals surface area (Å²) in [5.74, 6) is 0.156. The molecule has 472 valence electrons. The van der Waals surface area contributed by atoms with E-state index in [-0.39, 0.29) is 11.6 Å². The summed E-state index contributed by atoms with van der Waals surface area (Å²) in [5, 5.41) is 17.5.